The third-order valence-corrected chi connectivity index (χ3v) is 3.15. The molecule has 1 amide bonds. The molecule has 1 aromatic rings. The number of nitrogens with one attached hydrogen (secondary N) is 2. The van der Waals surface area contributed by atoms with Gasteiger partial charge in [0.2, 0.25) is 5.91 Å². The molecule has 1 atom stereocenters. The van der Waals surface area contributed by atoms with Gasteiger partial charge in [-0.2, -0.15) is 13.2 Å². The molecule has 0 aliphatic carbocycles. The highest BCUT2D eigenvalue weighted by molar-refractivity contribution is 5.85. The van der Waals surface area contributed by atoms with E-state index >= 15 is 0 Å². The van der Waals surface area contributed by atoms with Crippen molar-refractivity contribution < 1.29 is 18.0 Å². The van der Waals surface area contributed by atoms with Crippen molar-refractivity contribution >= 4 is 18.3 Å². The van der Waals surface area contributed by atoms with Gasteiger partial charge in [-0.15, -0.1) is 12.4 Å². The molecule has 0 aliphatic rings. The first kappa shape index (κ1) is 20.7. The molecule has 0 saturated heterocycles. The number of rotatable bonds is 7. The summed E-state index contributed by atoms with van der Waals surface area (Å²) in [7, 11) is 1.83. The summed E-state index contributed by atoms with van der Waals surface area (Å²) in [4.78, 5) is 11.8. The maximum Gasteiger partial charge on any atom is 0.416 e. The molecular formula is C15H22ClF3N2O. The fourth-order valence-electron chi connectivity index (χ4n) is 1.97. The average Bonchev–Trinajstić information content (AvgIpc) is 2.42. The zero-order chi connectivity index (χ0) is 15.9. The van der Waals surface area contributed by atoms with Crippen molar-refractivity contribution in [3.8, 4) is 0 Å². The van der Waals surface area contributed by atoms with Crippen LogP contribution >= 0.6 is 12.4 Å². The highest BCUT2D eigenvalue weighted by atomic mass is 35.5. The summed E-state index contributed by atoms with van der Waals surface area (Å²) in [6.45, 7) is 3.09. The van der Waals surface area contributed by atoms with Crippen LogP contribution in [0.1, 0.15) is 24.5 Å². The zero-order valence-corrected chi connectivity index (χ0v) is 13.5. The molecule has 0 bridgehead atoms. The fraction of sp³-hybridized carbons (Fsp3) is 0.533. The van der Waals surface area contributed by atoms with Gasteiger partial charge in [-0.3, -0.25) is 4.79 Å². The molecule has 126 valence electrons. The molecule has 22 heavy (non-hydrogen) atoms. The predicted octanol–water partition coefficient (Wildman–Crippen LogP) is 3.03. The largest absolute Gasteiger partial charge is 0.416 e. The van der Waals surface area contributed by atoms with Crippen molar-refractivity contribution in [2.24, 2.45) is 5.92 Å². The lowest BCUT2D eigenvalue weighted by Gasteiger charge is -2.13. The van der Waals surface area contributed by atoms with E-state index in [4.69, 9.17) is 0 Å². The van der Waals surface area contributed by atoms with Crippen LogP contribution in [0.5, 0.6) is 0 Å². The lowest BCUT2D eigenvalue weighted by Crippen LogP contribution is -2.32. The number of hydrogen-bond donors (Lipinski definition) is 2. The molecule has 0 saturated carbocycles. The van der Waals surface area contributed by atoms with E-state index in [1.807, 2.05) is 7.05 Å². The van der Waals surface area contributed by atoms with Gasteiger partial charge in [0.05, 0.1) is 5.56 Å². The van der Waals surface area contributed by atoms with Crippen molar-refractivity contribution in [3.63, 3.8) is 0 Å². The second-order valence-corrected chi connectivity index (χ2v) is 5.05. The number of amides is 1. The summed E-state index contributed by atoms with van der Waals surface area (Å²) in [5, 5.41) is 5.75. The maximum absolute atomic E-state index is 12.6. The van der Waals surface area contributed by atoms with Crippen LogP contribution in [-0.2, 0) is 17.4 Å². The van der Waals surface area contributed by atoms with Gasteiger partial charge < -0.3 is 10.6 Å². The summed E-state index contributed by atoms with van der Waals surface area (Å²) >= 11 is 0. The van der Waals surface area contributed by atoms with E-state index in [1.54, 1.807) is 13.0 Å². The number of alkyl halides is 3. The average molecular weight is 339 g/mol. The zero-order valence-electron chi connectivity index (χ0n) is 12.7. The normalized spacial score (nSPS) is 12.4. The van der Waals surface area contributed by atoms with E-state index in [1.165, 1.54) is 6.07 Å². The molecule has 0 fully saturated rings. The van der Waals surface area contributed by atoms with Gasteiger partial charge in [0.25, 0.3) is 0 Å². The SMILES string of the molecule is CNCCCNC(=O)C(C)Cc1cccc(C(F)(F)F)c1.Cl. The Hall–Kier alpha value is -1.27. The Kier molecular flexibility index (Phi) is 9.13. The molecule has 0 heterocycles. The van der Waals surface area contributed by atoms with Crippen molar-refractivity contribution in [1.82, 2.24) is 10.6 Å². The summed E-state index contributed by atoms with van der Waals surface area (Å²) < 4.78 is 37.9. The van der Waals surface area contributed by atoms with Crippen molar-refractivity contribution in [2.45, 2.75) is 25.9 Å². The molecule has 0 spiro atoms. The van der Waals surface area contributed by atoms with Gasteiger partial charge in [-0.1, -0.05) is 25.1 Å². The molecule has 0 aliphatic heterocycles. The maximum atomic E-state index is 12.6. The van der Waals surface area contributed by atoms with Gasteiger partial charge in [0.1, 0.15) is 0 Å². The number of halogens is 4. The van der Waals surface area contributed by atoms with Crippen LogP contribution in [0.2, 0.25) is 0 Å². The first-order chi connectivity index (χ1) is 9.84. The van der Waals surface area contributed by atoms with Crippen molar-refractivity contribution in [2.75, 3.05) is 20.1 Å². The van der Waals surface area contributed by atoms with Crippen LogP contribution in [0.3, 0.4) is 0 Å². The second kappa shape index (κ2) is 9.69. The minimum absolute atomic E-state index is 0. The Morgan fingerprint density at radius 3 is 2.55 bits per heavy atom. The molecule has 3 nitrogen and oxygen atoms in total. The minimum Gasteiger partial charge on any atom is -0.356 e. The van der Waals surface area contributed by atoms with E-state index in [-0.39, 0.29) is 24.2 Å². The number of carbonyl (C=O) groups is 1. The third-order valence-electron chi connectivity index (χ3n) is 3.15. The molecular weight excluding hydrogens is 317 g/mol. The van der Waals surface area contributed by atoms with E-state index in [9.17, 15) is 18.0 Å². The topological polar surface area (TPSA) is 41.1 Å². The Morgan fingerprint density at radius 1 is 1.27 bits per heavy atom. The number of benzene rings is 1. The highest BCUT2D eigenvalue weighted by Gasteiger charge is 2.30. The van der Waals surface area contributed by atoms with Crippen LogP contribution in [0.4, 0.5) is 13.2 Å². The summed E-state index contributed by atoms with van der Waals surface area (Å²) in [5.74, 6) is -0.494. The lowest BCUT2D eigenvalue weighted by atomic mass is 9.98. The summed E-state index contributed by atoms with van der Waals surface area (Å²) in [6, 6.07) is 5.12. The van der Waals surface area contributed by atoms with E-state index in [2.05, 4.69) is 10.6 Å². The number of carbonyl (C=O) groups excluding carboxylic acids is 1. The Labute approximate surface area is 135 Å². The van der Waals surface area contributed by atoms with E-state index in [0.717, 1.165) is 25.1 Å². The predicted molar refractivity (Wildman–Crippen MR) is 83.1 cm³/mol. The van der Waals surface area contributed by atoms with Crippen LogP contribution < -0.4 is 10.6 Å². The van der Waals surface area contributed by atoms with Crippen LogP contribution in [0, 0.1) is 5.92 Å². The summed E-state index contributed by atoms with van der Waals surface area (Å²) in [5.41, 5.74) is -0.163. The Bertz CT molecular complexity index is 466. The Morgan fingerprint density at radius 2 is 1.95 bits per heavy atom. The molecule has 1 unspecified atom stereocenters. The van der Waals surface area contributed by atoms with Crippen LogP contribution in [-0.4, -0.2) is 26.0 Å². The molecule has 0 aromatic heterocycles. The van der Waals surface area contributed by atoms with Crippen molar-refractivity contribution in [3.05, 3.63) is 35.4 Å². The van der Waals surface area contributed by atoms with Crippen LogP contribution in [0.25, 0.3) is 0 Å². The monoisotopic (exact) mass is 338 g/mol. The Balaban J connectivity index is 0.00000441. The molecule has 7 heteroatoms. The smallest absolute Gasteiger partial charge is 0.356 e. The third kappa shape index (κ3) is 7.13. The van der Waals surface area contributed by atoms with E-state index in [0.29, 0.717) is 18.5 Å². The van der Waals surface area contributed by atoms with Gasteiger partial charge in [-0.05, 0) is 38.1 Å². The molecule has 1 aromatic carbocycles. The first-order valence-corrected chi connectivity index (χ1v) is 6.93. The van der Waals surface area contributed by atoms with Crippen molar-refractivity contribution in [1.29, 1.82) is 0 Å². The molecule has 2 N–H and O–H groups in total. The first-order valence-electron chi connectivity index (χ1n) is 6.93. The van der Waals surface area contributed by atoms with E-state index < -0.39 is 11.7 Å². The second-order valence-electron chi connectivity index (χ2n) is 5.05. The minimum atomic E-state index is -4.35. The summed E-state index contributed by atoms with van der Waals surface area (Å²) in [6.07, 6.45) is -3.24. The standard InChI is InChI=1S/C15H21F3N2O.ClH/c1-11(14(21)20-8-4-7-19-2)9-12-5-3-6-13(10-12)15(16,17)18;/h3,5-6,10-11,19H,4,7-9H2,1-2H3,(H,20,21);1H. The fourth-order valence-corrected chi connectivity index (χ4v) is 1.97. The van der Waals surface area contributed by atoms with Gasteiger partial charge in [0, 0.05) is 12.5 Å². The van der Waals surface area contributed by atoms with Crippen LogP contribution in [0.15, 0.2) is 24.3 Å². The van der Waals surface area contributed by atoms with Gasteiger partial charge in [-0.25, -0.2) is 0 Å². The quantitative estimate of drug-likeness (QED) is 0.750. The van der Waals surface area contributed by atoms with Gasteiger partial charge >= 0.3 is 6.18 Å². The molecule has 1 rings (SSSR count). The highest BCUT2D eigenvalue weighted by Crippen LogP contribution is 2.29. The van der Waals surface area contributed by atoms with Gasteiger partial charge in [0.15, 0.2) is 0 Å². The molecule has 0 radical (unpaired) electrons. The number of hydrogen-bond acceptors (Lipinski definition) is 2. The lowest BCUT2D eigenvalue weighted by molar-refractivity contribution is -0.137.